The van der Waals surface area contributed by atoms with Crippen LogP contribution in [-0.2, 0) is 14.8 Å². The molecule has 1 aromatic rings. The van der Waals surface area contributed by atoms with Crippen molar-refractivity contribution in [3.8, 4) is 0 Å². The lowest BCUT2D eigenvalue weighted by Crippen LogP contribution is -2.38. The van der Waals surface area contributed by atoms with Crippen LogP contribution in [0.5, 0.6) is 0 Å². The summed E-state index contributed by atoms with van der Waals surface area (Å²) in [6.07, 6.45) is 0. The summed E-state index contributed by atoms with van der Waals surface area (Å²) in [7, 11) is -1.94. The van der Waals surface area contributed by atoms with E-state index in [4.69, 9.17) is 11.6 Å². The van der Waals surface area contributed by atoms with Crippen LogP contribution in [0.3, 0.4) is 0 Å². The van der Waals surface area contributed by atoms with E-state index in [1.54, 1.807) is 19.2 Å². The Labute approximate surface area is 129 Å². The molecule has 1 rings (SSSR count). The molecule has 0 aromatic heterocycles. The van der Waals surface area contributed by atoms with Crippen molar-refractivity contribution in [2.45, 2.75) is 4.90 Å². The highest BCUT2D eigenvalue weighted by Crippen LogP contribution is 2.14. The van der Waals surface area contributed by atoms with Crippen molar-refractivity contribution in [3.05, 3.63) is 29.3 Å². The van der Waals surface area contributed by atoms with Crippen molar-refractivity contribution >= 4 is 39.9 Å². The lowest BCUT2D eigenvalue weighted by molar-refractivity contribution is -0.120. The summed E-state index contributed by atoms with van der Waals surface area (Å²) in [4.78, 5) is 11.2. The first-order valence-corrected chi connectivity index (χ1v) is 7.48. The van der Waals surface area contributed by atoms with Gasteiger partial charge in [-0.25, -0.2) is 13.1 Å². The Morgan fingerprint density at radius 3 is 2.60 bits per heavy atom. The molecule has 0 aliphatic rings. The van der Waals surface area contributed by atoms with Crippen molar-refractivity contribution in [1.82, 2.24) is 15.4 Å². The van der Waals surface area contributed by atoms with Gasteiger partial charge in [0.2, 0.25) is 15.9 Å². The molecule has 0 aliphatic carbocycles. The number of sulfonamides is 1. The molecule has 0 saturated carbocycles. The van der Waals surface area contributed by atoms with Gasteiger partial charge in [-0.1, -0.05) is 17.7 Å². The number of likely N-dealkylation sites (N-methyl/N-ethyl adjacent to an activating group) is 1. The van der Waals surface area contributed by atoms with Gasteiger partial charge in [0.25, 0.3) is 0 Å². The van der Waals surface area contributed by atoms with Gasteiger partial charge < -0.3 is 10.6 Å². The van der Waals surface area contributed by atoms with E-state index in [-0.39, 0.29) is 42.8 Å². The Bertz CT molecular complexity index is 537. The van der Waals surface area contributed by atoms with Gasteiger partial charge in [0.15, 0.2) is 0 Å². The molecule has 114 valence electrons. The number of hydrogen-bond donors (Lipinski definition) is 3. The maximum atomic E-state index is 11.9. The Balaban J connectivity index is 0.00000361. The first-order chi connectivity index (χ1) is 8.95. The van der Waals surface area contributed by atoms with E-state index < -0.39 is 10.0 Å². The van der Waals surface area contributed by atoms with E-state index in [1.807, 2.05) is 0 Å². The summed E-state index contributed by atoms with van der Waals surface area (Å²) in [5, 5.41) is 5.61. The van der Waals surface area contributed by atoms with E-state index in [0.717, 1.165) is 0 Å². The van der Waals surface area contributed by atoms with E-state index in [2.05, 4.69) is 15.4 Å². The molecule has 0 fully saturated rings. The molecule has 0 bridgehead atoms. The quantitative estimate of drug-likeness (QED) is 0.625. The van der Waals surface area contributed by atoms with Gasteiger partial charge in [-0.2, -0.15) is 0 Å². The van der Waals surface area contributed by atoms with Crippen LogP contribution in [0.1, 0.15) is 0 Å². The monoisotopic (exact) mass is 341 g/mol. The number of nitrogens with one attached hydrogen (secondary N) is 3. The topological polar surface area (TPSA) is 87.3 Å². The zero-order valence-electron chi connectivity index (χ0n) is 10.8. The molecular formula is C11H17Cl2N3O3S. The molecule has 0 heterocycles. The van der Waals surface area contributed by atoms with E-state index >= 15 is 0 Å². The molecule has 1 amide bonds. The van der Waals surface area contributed by atoms with Crippen LogP contribution >= 0.6 is 24.0 Å². The summed E-state index contributed by atoms with van der Waals surface area (Å²) < 4.78 is 26.1. The summed E-state index contributed by atoms with van der Waals surface area (Å²) in [5.41, 5.74) is 0. The van der Waals surface area contributed by atoms with Gasteiger partial charge in [0.1, 0.15) is 0 Å². The smallest absolute Gasteiger partial charge is 0.240 e. The number of benzene rings is 1. The number of hydrogen-bond acceptors (Lipinski definition) is 4. The first kappa shape index (κ1) is 19.1. The highest BCUT2D eigenvalue weighted by Gasteiger charge is 2.13. The zero-order chi connectivity index (χ0) is 14.3. The minimum Gasteiger partial charge on any atom is -0.354 e. The van der Waals surface area contributed by atoms with E-state index in [9.17, 15) is 13.2 Å². The fraction of sp³-hybridized carbons (Fsp3) is 0.364. The first-order valence-electron chi connectivity index (χ1n) is 5.62. The zero-order valence-corrected chi connectivity index (χ0v) is 13.2. The summed E-state index contributed by atoms with van der Waals surface area (Å²) >= 11 is 5.73. The van der Waals surface area contributed by atoms with Crippen LogP contribution < -0.4 is 15.4 Å². The predicted molar refractivity (Wildman–Crippen MR) is 80.8 cm³/mol. The molecule has 0 saturated heterocycles. The molecule has 1 aromatic carbocycles. The third kappa shape index (κ3) is 6.53. The third-order valence-corrected chi connectivity index (χ3v) is 3.88. The normalized spacial score (nSPS) is 10.7. The molecule has 20 heavy (non-hydrogen) atoms. The van der Waals surface area contributed by atoms with Gasteiger partial charge in [-0.3, -0.25) is 4.79 Å². The largest absolute Gasteiger partial charge is 0.354 e. The Hall–Kier alpha value is -0.860. The van der Waals surface area contributed by atoms with Gasteiger partial charge in [-0.15, -0.1) is 12.4 Å². The molecule has 0 unspecified atom stereocenters. The minimum atomic E-state index is -3.59. The van der Waals surface area contributed by atoms with Crippen molar-refractivity contribution in [2.24, 2.45) is 0 Å². The summed E-state index contributed by atoms with van der Waals surface area (Å²) in [5.74, 6) is -0.190. The van der Waals surface area contributed by atoms with E-state index in [0.29, 0.717) is 5.02 Å². The van der Waals surface area contributed by atoms with Gasteiger partial charge in [-0.05, 0) is 25.2 Å². The van der Waals surface area contributed by atoms with Gasteiger partial charge >= 0.3 is 0 Å². The number of amides is 1. The highest BCUT2D eigenvalue weighted by molar-refractivity contribution is 7.89. The molecule has 0 spiro atoms. The average molecular weight is 342 g/mol. The maximum Gasteiger partial charge on any atom is 0.240 e. The van der Waals surface area contributed by atoms with Crippen LogP contribution in [0.25, 0.3) is 0 Å². The van der Waals surface area contributed by atoms with Gasteiger partial charge in [0, 0.05) is 18.1 Å². The van der Waals surface area contributed by atoms with Crippen LogP contribution in [0.4, 0.5) is 0 Å². The fourth-order valence-electron chi connectivity index (χ4n) is 1.33. The molecule has 0 radical (unpaired) electrons. The van der Waals surface area contributed by atoms with Crippen molar-refractivity contribution in [1.29, 1.82) is 0 Å². The lowest BCUT2D eigenvalue weighted by atomic mass is 10.4. The number of carbonyl (C=O) groups is 1. The second-order valence-corrected chi connectivity index (χ2v) is 5.94. The summed E-state index contributed by atoms with van der Waals surface area (Å²) in [6.45, 7) is 0.533. The molecular weight excluding hydrogens is 325 g/mol. The standard InChI is InChI=1S/C11H16ClN3O3S.ClH/c1-13-8-11(16)14-5-6-15-19(17,18)10-4-2-3-9(12)7-10;/h2-4,7,13,15H,5-6,8H2,1H3,(H,14,16);1H. The number of carbonyl (C=O) groups excluding carboxylic acids is 1. The molecule has 0 atom stereocenters. The molecule has 0 aliphatic heterocycles. The summed E-state index contributed by atoms with van der Waals surface area (Å²) in [6, 6.07) is 5.97. The van der Waals surface area contributed by atoms with Crippen LogP contribution in [0.15, 0.2) is 29.2 Å². The van der Waals surface area contributed by atoms with Gasteiger partial charge in [0.05, 0.1) is 11.4 Å². The lowest BCUT2D eigenvalue weighted by Gasteiger charge is -2.08. The maximum absolute atomic E-state index is 11.9. The predicted octanol–water partition coefficient (Wildman–Crippen LogP) is 0.376. The van der Waals surface area contributed by atoms with Crippen molar-refractivity contribution in [2.75, 3.05) is 26.7 Å². The van der Waals surface area contributed by atoms with Crippen LogP contribution in [0, 0.1) is 0 Å². The molecule has 3 N–H and O–H groups in total. The Morgan fingerprint density at radius 1 is 1.30 bits per heavy atom. The third-order valence-electron chi connectivity index (χ3n) is 2.18. The van der Waals surface area contributed by atoms with E-state index in [1.165, 1.54) is 12.1 Å². The second-order valence-electron chi connectivity index (χ2n) is 3.74. The second kappa shape index (κ2) is 9.15. The number of halogens is 2. The fourth-order valence-corrected chi connectivity index (χ4v) is 2.66. The SMILES string of the molecule is CNCC(=O)NCCNS(=O)(=O)c1cccc(Cl)c1.Cl. The highest BCUT2D eigenvalue weighted by atomic mass is 35.5. The molecule has 6 nitrogen and oxygen atoms in total. The number of rotatable bonds is 7. The van der Waals surface area contributed by atoms with Crippen molar-refractivity contribution in [3.63, 3.8) is 0 Å². The molecule has 9 heteroatoms. The van der Waals surface area contributed by atoms with Crippen LogP contribution in [0.2, 0.25) is 5.02 Å². The van der Waals surface area contributed by atoms with Crippen LogP contribution in [-0.4, -0.2) is 41.0 Å². The minimum absolute atomic E-state index is 0. The Morgan fingerprint density at radius 2 is 2.00 bits per heavy atom. The Kier molecular flexibility index (Phi) is 8.75. The van der Waals surface area contributed by atoms with Crippen molar-refractivity contribution < 1.29 is 13.2 Å². The average Bonchev–Trinajstić information content (AvgIpc) is 2.35.